The second-order valence-corrected chi connectivity index (χ2v) is 6.70. The molecule has 30 heavy (non-hydrogen) atoms. The molecule has 2 heterocycles. The van der Waals surface area contributed by atoms with Crippen molar-refractivity contribution in [3.8, 4) is 17.2 Å². The molecule has 8 heteroatoms. The Labute approximate surface area is 173 Å². The van der Waals surface area contributed by atoms with E-state index in [0.717, 1.165) is 11.1 Å². The van der Waals surface area contributed by atoms with Gasteiger partial charge in [-0.25, -0.2) is 4.79 Å². The number of carbonyl (C=O) groups excluding carboxylic acids is 1. The van der Waals surface area contributed by atoms with E-state index in [1.54, 1.807) is 13.0 Å². The molecule has 1 N–H and O–H groups in total. The molecule has 2 aromatic carbocycles. The molecule has 0 atom stereocenters. The van der Waals surface area contributed by atoms with Crippen LogP contribution in [-0.4, -0.2) is 29.1 Å². The molecule has 0 radical (unpaired) electrons. The Bertz CT molecular complexity index is 1160. The van der Waals surface area contributed by atoms with Gasteiger partial charge >= 0.3 is 5.97 Å². The molecule has 1 aliphatic rings. The molecular weight excluding hydrogens is 386 g/mol. The fourth-order valence-corrected chi connectivity index (χ4v) is 3.16. The molecule has 1 aliphatic heterocycles. The first-order valence-electron chi connectivity index (χ1n) is 9.56. The van der Waals surface area contributed by atoms with E-state index in [1.165, 1.54) is 10.7 Å². The van der Waals surface area contributed by atoms with Crippen LogP contribution in [0.25, 0.3) is 5.69 Å². The summed E-state index contributed by atoms with van der Waals surface area (Å²) in [5, 5.41) is 7.44. The van der Waals surface area contributed by atoms with Gasteiger partial charge in [-0.05, 0) is 43.2 Å². The van der Waals surface area contributed by atoms with Gasteiger partial charge in [-0.2, -0.15) is 9.78 Å². The Balaban J connectivity index is 1.68. The summed E-state index contributed by atoms with van der Waals surface area (Å²) in [6.07, 6.45) is 0. The molecule has 0 spiro atoms. The molecule has 4 rings (SSSR count). The lowest BCUT2D eigenvalue weighted by Gasteiger charge is -2.14. The summed E-state index contributed by atoms with van der Waals surface area (Å²) in [7, 11) is 0. The number of aryl methyl sites for hydroxylation is 1. The zero-order chi connectivity index (χ0) is 21.1. The van der Waals surface area contributed by atoms with E-state index < -0.39 is 5.97 Å². The molecule has 3 aromatic rings. The average molecular weight is 407 g/mol. The minimum atomic E-state index is -0.604. The summed E-state index contributed by atoms with van der Waals surface area (Å²) < 4.78 is 17.1. The van der Waals surface area contributed by atoms with Gasteiger partial charge in [0.1, 0.15) is 0 Å². The molecule has 154 valence electrons. The maximum atomic E-state index is 12.8. The van der Waals surface area contributed by atoms with E-state index in [0.29, 0.717) is 29.4 Å². The number of fused-ring (bicyclic) bond motifs is 1. The topological polar surface area (TPSA) is 91.7 Å². The number of para-hydroxylation sites is 1. The number of aromatic nitrogens is 2. The minimum Gasteiger partial charge on any atom is -0.461 e. The second kappa shape index (κ2) is 8.28. The first kappa shape index (κ1) is 19.5. The Morgan fingerprint density at radius 1 is 1.17 bits per heavy atom. The molecule has 8 nitrogen and oxygen atoms in total. The van der Waals surface area contributed by atoms with E-state index in [4.69, 9.17) is 14.2 Å². The number of hydrogen-bond acceptors (Lipinski definition) is 7. The fraction of sp³-hybridized carbons (Fsp3) is 0.227. The maximum absolute atomic E-state index is 12.8. The van der Waals surface area contributed by atoms with Gasteiger partial charge in [0.2, 0.25) is 6.79 Å². The number of nitrogens with one attached hydrogen (secondary N) is 1. The Hall–Kier alpha value is -3.81. The Morgan fingerprint density at radius 2 is 1.97 bits per heavy atom. The van der Waals surface area contributed by atoms with Gasteiger partial charge in [0.15, 0.2) is 17.2 Å². The lowest BCUT2D eigenvalue weighted by atomic mass is 10.2. The van der Waals surface area contributed by atoms with Crippen molar-refractivity contribution in [3.63, 3.8) is 0 Å². The number of nitrogens with zero attached hydrogens (tertiary/aromatic N) is 2. The summed E-state index contributed by atoms with van der Waals surface area (Å²) in [5.41, 5.74) is 2.36. The van der Waals surface area contributed by atoms with Gasteiger partial charge in [0.25, 0.3) is 5.56 Å². The molecule has 0 aliphatic carbocycles. The van der Waals surface area contributed by atoms with Crippen LogP contribution >= 0.6 is 0 Å². The highest BCUT2D eigenvalue weighted by molar-refractivity contribution is 5.93. The summed E-state index contributed by atoms with van der Waals surface area (Å²) in [6.45, 7) is 4.35. The van der Waals surface area contributed by atoms with Crippen molar-refractivity contribution in [1.29, 1.82) is 0 Å². The highest BCUT2D eigenvalue weighted by Crippen LogP contribution is 2.32. The Morgan fingerprint density at radius 3 is 2.77 bits per heavy atom. The number of ether oxygens (including phenoxy) is 3. The van der Waals surface area contributed by atoms with Crippen molar-refractivity contribution in [3.05, 3.63) is 75.7 Å². The molecule has 0 amide bonds. The van der Waals surface area contributed by atoms with E-state index in [9.17, 15) is 9.59 Å². The number of anilines is 1. The molecule has 0 fully saturated rings. The van der Waals surface area contributed by atoms with Gasteiger partial charge in [0, 0.05) is 12.6 Å². The fourth-order valence-electron chi connectivity index (χ4n) is 3.16. The first-order chi connectivity index (χ1) is 14.6. The van der Waals surface area contributed by atoms with Crippen LogP contribution in [0.2, 0.25) is 0 Å². The van der Waals surface area contributed by atoms with Crippen LogP contribution in [0.1, 0.15) is 28.5 Å². The molecule has 0 saturated carbocycles. The van der Waals surface area contributed by atoms with Crippen molar-refractivity contribution in [2.24, 2.45) is 0 Å². The third kappa shape index (κ3) is 3.84. The van der Waals surface area contributed by atoms with Crippen LogP contribution < -0.4 is 20.3 Å². The summed E-state index contributed by atoms with van der Waals surface area (Å²) >= 11 is 0. The van der Waals surface area contributed by atoms with Crippen LogP contribution in [0.15, 0.2) is 53.3 Å². The minimum absolute atomic E-state index is 0.0421. The van der Waals surface area contributed by atoms with E-state index in [1.807, 2.05) is 43.3 Å². The van der Waals surface area contributed by atoms with Crippen LogP contribution in [-0.2, 0) is 11.3 Å². The number of rotatable bonds is 6. The zero-order valence-corrected chi connectivity index (χ0v) is 16.7. The highest BCUT2D eigenvalue weighted by Gasteiger charge is 2.19. The SMILES string of the molecule is CCOC(=O)c1nn(-c2ccccc2C)c(=O)cc1NCc1ccc2c(c1)OCO2. The van der Waals surface area contributed by atoms with Crippen molar-refractivity contribution in [2.45, 2.75) is 20.4 Å². The van der Waals surface area contributed by atoms with E-state index >= 15 is 0 Å². The molecular formula is C22H21N3O5. The Kier molecular flexibility index (Phi) is 5.38. The zero-order valence-electron chi connectivity index (χ0n) is 16.7. The summed E-state index contributed by atoms with van der Waals surface area (Å²) in [5.74, 6) is 0.745. The van der Waals surface area contributed by atoms with Gasteiger partial charge < -0.3 is 19.5 Å². The lowest BCUT2D eigenvalue weighted by molar-refractivity contribution is 0.0518. The lowest BCUT2D eigenvalue weighted by Crippen LogP contribution is -2.26. The summed E-state index contributed by atoms with van der Waals surface area (Å²) in [4.78, 5) is 25.3. The largest absolute Gasteiger partial charge is 0.461 e. The monoisotopic (exact) mass is 407 g/mol. The van der Waals surface area contributed by atoms with Crippen LogP contribution in [0.4, 0.5) is 5.69 Å². The van der Waals surface area contributed by atoms with Crippen molar-refractivity contribution in [1.82, 2.24) is 9.78 Å². The normalized spacial score (nSPS) is 11.9. The predicted octanol–water partition coefficient (Wildman–Crippen LogP) is 3.06. The first-order valence-corrected chi connectivity index (χ1v) is 9.56. The van der Waals surface area contributed by atoms with Crippen LogP contribution in [0, 0.1) is 6.92 Å². The third-order valence-corrected chi connectivity index (χ3v) is 4.66. The van der Waals surface area contributed by atoms with Gasteiger partial charge in [0.05, 0.1) is 18.0 Å². The van der Waals surface area contributed by atoms with Gasteiger partial charge in [-0.15, -0.1) is 0 Å². The standard InChI is InChI=1S/C22H21N3O5/c1-3-28-22(27)21-16(23-12-15-8-9-18-19(10-15)30-13-29-18)11-20(26)25(24-21)17-7-5-4-6-14(17)2/h4-11,23H,3,12-13H2,1-2H3. The molecule has 0 saturated heterocycles. The van der Waals surface area contributed by atoms with Crippen molar-refractivity contribution >= 4 is 11.7 Å². The van der Waals surface area contributed by atoms with Gasteiger partial charge in [-0.3, -0.25) is 4.79 Å². The number of benzene rings is 2. The smallest absolute Gasteiger partial charge is 0.360 e. The quantitative estimate of drug-likeness (QED) is 0.628. The van der Waals surface area contributed by atoms with Crippen molar-refractivity contribution < 1.29 is 19.0 Å². The molecule has 0 bridgehead atoms. The number of hydrogen-bond donors (Lipinski definition) is 1. The second-order valence-electron chi connectivity index (χ2n) is 6.70. The van der Waals surface area contributed by atoms with Crippen molar-refractivity contribution in [2.75, 3.05) is 18.7 Å². The highest BCUT2D eigenvalue weighted by atomic mass is 16.7. The molecule has 0 unspecified atom stereocenters. The number of carbonyl (C=O) groups is 1. The van der Waals surface area contributed by atoms with Gasteiger partial charge in [-0.1, -0.05) is 24.3 Å². The summed E-state index contributed by atoms with van der Waals surface area (Å²) in [6, 6.07) is 14.2. The number of esters is 1. The van der Waals surface area contributed by atoms with E-state index in [-0.39, 0.29) is 24.7 Å². The average Bonchev–Trinajstić information content (AvgIpc) is 3.21. The van der Waals surface area contributed by atoms with Crippen LogP contribution in [0.5, 0.6) is 11.5 Å². The van der Waals surface area contributed by atoms with E-state index in [2.05, 4.69) is 10.4 Å². The third-order valence-electron chi connectivity index (χ3n) is 4.66. The maximum Gasteiger partial charge on any atom is 0.360 e. The van der Waals surface area contributed by atoms with Crippen LogP contribution in [0.3, 0.4) is 0 Å². The predicted molar refractivity (Wildman–Crippen MR) is 110 cm³/mol. The molecule has 1 aromatic heterocycles.